The molecular weight excluding hydrogens is 357 g/mol. The highest BCUT2D eigenvalue weighted by molar-refractivity contribution is 6.32. The van der Waals surface area contributed by atoms with Gasteiger partial charge in [0.1, 0.15) is 13.7 Å². The molecule has 1 aliphatic heterocycles. The van der Waals surface area contributed by atoms with Crippen LogP contribution in [0.3, 0.4) is 0 Å². The van der Waals surface area contributed by atoms with Gasteiger partial charge in [-0.2, -0.15) is 0 Å². The van der Waals surface area contributed by atoms with E-state index in [1.807, 2.05) is 18.3 Å². The molecule has 29 heavy (non-hydrogen) atoms. The maximum Gasteiger partial charge on any atom is 0.139 e. The minimum absolute atomic E-state index is 0.460. The first-order valence-electron chi connectivity index (χ1n) is 11.2. The first kappa shape index (κ1) is 18.8. The number of benzene rings is 1. The number of pyridine rings is 1. The molecule has 2 aromatic rings. The highest BCUT2D eigenvalue weighted by Gasteiger charge is 2.46. The largest absolute Gasteiger partial charge is 0.399 e. The summed E-state index contributed by atoms with van der Waals surface area (Å²) in [6.07, 6.45) is 9.61. The minimum Gasteiger partial charge on any atom is -0.399 e. The van der Waals surface area contributed by atoms with Gasteiger partial charge in [0.05, 0.1) is 0 Å². The molecule has 4 N–H and O–H groups in total. The summed E-state index contributed by atoms with van der Waals surface area (Å²) < 4.78 is 0. The quantitative estimate of drug-likeness (QED) is 0.539. The molecule has 0 amide bonds. The van der Waals surface area contributed by atoms with E-state index in [-0.39, 0.29) is 0 Å². The summed E-state index contributed by atoms with van der Waals surface area (Å²) in [4.78, 5) is 7.15. The maximum absolute atomic E-state index is 5.90. The zero-order valence-corrected chi connectivity index (χ0v) is 17.3. The average molecular weight is 389 g/mol. The summed E-state index contributed by atoms with van der Waals surface area (Å²) >= 11 is 0. The maximum atomic E-state index is 5.90. The molecular formula is C23H32BN5. The smallest absolute Gasteiger partial charge is 0.139 e. The van der Waals surface area contributed by atoms with Crippen molar-refractivity contribution < 1.29 is 0 Å². The molecule has 1 aromatic carbocycles. The van der Waals surface area contributed by atoms with E-state index >= 15 is 0 Å². The second-order valence-corrected chi connectivity index (χ2v) is 9.28. The van der Waals surface area contributed by atoms with Crippen molar-refractivity contribution >= 4 is 30.5 Å². The van der Waals surface area contributed by atoms with Gasteiger partial charge in [-0.05, 0) is 68.0 Å². The van der Waals surface area contributed by atoms with Crippen LogP contribution in [0.5, 0.6) is 0 Å². The van der Waals surface area contributed by atoms with Gasteiger partial charge >= 0.3 is 0 Å². The third kappa shape index (κ3) is 3.95. The van der Waals surface area contributed by atoms with E-state index in [4.69, 9.17) is 5.73 Å². The van der Waals surface area contributed by atoms with Crippen LogP contribution >= 0.6 is 0 Å². The van der Waals surface area contributed by atoms with Crippen LogP contribution in [0.15, 0.2) is 42.6 Å². The molecule has 3 fully saturated rings. The third-order valence-corrected chi connectivity index (χ3v) is 7.15. The fourth-order valence-electron chi connectivity index (χ4n) is 5.75. The lowest BCUT2D eigenvalue weighted by molar-refractivity contribution is 0.289. The number of piperidine rings is 1. The van der Waals surface area contributed by atoms with Gasteiger partial charge in [-0.1, -0.05) is 18.3 Å². The van der Waals surface area contributed by atoms with E-state index in [1.165, 1.54) is 56.2 Å². The van der Waals surface area contributed by atoms with Gasteiger partial charge in [-0.15, -0.1) is 0 Å². The van der Waals surface area contributed by atoms with Crippen molar-refractivity contribution in [3.8, 4) is 0 Å². The fourth-order valence-corrected chi connectivity index (χ4v) is 5.75. The molecule has 5 nitrogen and oxygen atoms in total. The molecule has 152 valence electrons. The first-order chi connectivity index (χ1) is 14.2. The molecule has 0 spiro atoms. The lowest BCUT2D eigenvalue weighted by atomic mass is 9.88. The topological polar surface area (TPSA) is 66.2 Å². The second-order valence-electron chi connectivity index (χ2n) is 9.28. The Morgan fingerprint density at radius 2 is 1.79 bits per heavy atom. The van der Waals surface area contributed by atoms with Crippen molar-refractivity contribution in [1.82, 2.24) is 10.3 Å². The van der Waals surface area contributed by atoms with Crippen LogP contribution in [0.1, 0.15) is 38.5 Å². The Labute approximate surface area is 174 Å². The van der Waals surface area contributed by atoms with Gasteiger partial charge < -0.3 is 21.3 Å². The Kier molecular flexibility index (Phi) is 5.12. The second kappa shape index (κ2) is 7.90. The Morgan fingerprint density at radius 3 is 2.55 bits per heavy atom. The predicted molar refractivity (Wildman–Crippen MR) is 124 cm³/mol. The normalized spacial score (nSPS) is 31.2. The third-order valence-electron chi connectivity index (χ3n) is 7.15. The first-order valence-corrected chi connectivity index (χ1v) is 11.2. The number of nitrogens with zero attached hydrogens (tertiary/aromatic N) is 2. The van der Waals surface area contributed by atoms with Crippen LogP contribution < -0.4 is 26.7 Å². The summed E-state index contributed by atoms with van der Waals surface area (Å²) in [5.41, 5.74) is 9.32. The van der Waals surface area contributed by atoms with Crippen LogP contribution in [-0.4, -0.2) is 43.5 Å². The van der Waals surface area contributed by atoms with Crippen molar-refractivity contribution in [1.29, 1.82) is 0 Å². The molecule has 2 saturated carbocycles. The van der Waals surface area contributed by atoms with E-state index < -0.39 is 0 Å². The van der Waals surface area contributed by atoms with Gasteiger partial charge in [-0.25, -0.2) is 4.98 Å². The molecule has 0 radical (unpaired) electrons. The summed E-state index contributed by atoms with van der Waals surface area (Å²) in [5.74, 6) is 1.82. The summed E-state index contributed by atoms with van der Waals surface area (Å²) in [5, 5.41) is 7.83. The van der Waals surface area contributed by atoms with Gasteiger partial charge in [-0.3, -0.25) is 0 Å². The fraction of sp³-hybridized carbons (Fsp3) is 0.522. The molecule has 2 bridgehead atoms. The molecule has 2 heterocycles. The SMILES string of the molecule is Bc1ccnc(N[C@@H]2CCCC[C@H]2N[C@H]2C[C@@H]3C[C@H]2N(c2ccc(N)cc2)C3)c1. The highest BCUT2D eigenvalue weighted by Crippen LogP contribution is 2.41. The summed E-state index contributed by atoms with van der Waals surface area (Å²) in [6.45, 7) is 1.19. The van der Waals surface area contributed by atoms with Crippen LogP contribution in [-0.2, 0) is 0 Å². The molecule has 5 atom stereocenters. The van der Waals surface area contributed by atoms with Crippen molar-refractivity contribution in [2.24, 2.45) is 5.92 Å². The molecule has 1 saturated heterocycles. The number of rotatable bonds is 5. The average Bonchev–Trinajstić information content (AvgIpc) is 3.31. The van der Waals surface area contributed by atoms with E-state index in [0.717, 1.165) is 17.4 Å². The van der Waals surface area contributed by atoms with Crippen molar-refractivity contribution in [2.75, 3.05) is 22.5 Å². The van der Waals surface area contributed by atoms with E-state index in [9.17, 15) is 0 Å². The number of anilines is 3. The number of fused-ring (bicyclic) bond motifs is 2. The Bertz CT molecular complexity index is 841. The summed E-state index contributed by atoms with van der Waals surface area (Å²) in [7, 11) is 2.13. The van der Waals surface area contributed by atoms with Crippen molar-refractivity contribution in [3.05, 3.63) is 42.6 Å². The Balaban J connectivity index is 1.27. The van der Waals surface area contributed by atoms with Gasteiger partial charge in [0.15, 0.2) is 0 Å². The molecule has 0 unspecified atom stereocenters. The summed E-state index contributed by atoms with van der Waals surface area (Å²) in [6, 6.07) is 14.8. The number of nitrogens with one attached hydrogen (secondary N) is 2. The predicted octanol–water partition coefficient (Wildman–Crippen LogP) is 1.90. The number of hydrogen-bond acceptors (Lipinski definition) is 5. The van der Waals surface area contributed by atoms with Crippen LogP contribution in [0.4, 0.5) is 17.2 Å². The molecule has 6 heteroatoms. The van der Waals surface area contributed by atoms with E-state index in [1.54, 1.807) is 0 Å². The monoisotopic (exact) mass is 389 g/mol. The molecule has 3 aliphatic rings. The highest BCUT2D eigenvalue weighted by atomic mass is 15.2. The number of nitrogen functional groups attached to an aromatic ring is 1. The minimum atomic E-state index is 0.460. The lowest BCUT2D eigenvalue weighted by Gasteiger charge is -2.41. The molecule has 5 rings (SSSR count). The number of nitrogens with two attached hydrogens (primary N) is 1. The van der Waals surface area contributed by atoms with E-state index in [0.29, 0.717) is 24.2 Å². The molecule has 2 aliphatic carbocycles. The lowest BCUT2D eigenvalue weighted by Crippen LogP contribution is -2.56. The van der Waals surface area contributed by atoms with Crippen LogP contribution in [0.25, 0.3) is 0 Å². The standard InChI is InChI=1S/C23H32BN5/c24-16-9-10-26-23(13-16)28-20-4-2-1-3-19(20)27-21-11-15-12-22(21)29(14-15)18-7-5-17(25)6-8-18/h5-10,13,15,19-22,27H,1-4,11-12,14,24-25H2,(H,26,28)/t15-,19-,20-,21+,22-/m1/s1. The van der Waals surface area contributed by atoms with Gasteiger partial charge in [0.2, 0.25) is 0 Å². The zero-order valence-electron chi connectivity index (χ0n) is 17.3. The van der Waals surface area contributed by atoms with Crippen LogP contribution in [0.2, 0.25) is 0 Å². The Morgan fingerprint density at radius 1 is 1.00 bits per heavy atom. The van der Waals surface area contributed by atoms with Crippen LogP contribution in [0, 0.1) is 5.92 Å². The number of aromatic nitrogens is 1. The van der Waals surface area contributed by atoms with Gasteiger partial charge in [0, 0.05) is 48.3 Å². The number of hydrogen-bond donors (Lipinski definition) is 3. The van der Waals surface area contributed by atoms with E-state index in [2.05, 4.69) is 52.6 Å². The van der Waals surface area contributed by atoms with Gasteiger partial charge in [0.25, 0.3) is 0 Å². The molecule has 1 aromatic heterocycles. The Hall–Kier alpha value is -2.21. The zero-order chi connectivity index (χ0) is 19.8. The van der Waals surface area contributed by atoms with Crippen molar-refractivity contribution in [3.63, 3.8) is 0 Å². The van der Waals surface area contributed by atoms with Crippen molar-refractivity contribution in [2.45, 2.75) is 62.7 Å².